The zero-order valence-electron chi connectivity index (χ0n) is 23.5. The number of nitro groups is 1. The van der Waals surface area contributed by atoms with Gasteiger partial charge in [-0.15, -0.1) is 0 Å². The molecule has 0 fully saturated rings. The summed E-state index contributed by atoms with van der Waals surface area (Å²) < 4.78 is 0. The third kappa shape index (κ3) is 11.4. The SMILES string of the molecule is CC(CCCC(C)CCC1=CC([N+](=O)[O-])C(C)C(C)C1C)CCCC(C)(O)CCCC(C)C(=O)O. The van der Waals surface area contributed by atoms with Crippen LogP contribution in [0, 0.1) is 45.6 Å². The second-order valence-electron chi connectivity index (χ2n) is 12.2. The molecule has 0 aromatic heterocycles. The fourth-order valence-electron chi connectivity index (χ4n) is 5.58. The topological polar surface area (TPSA) is 101 Å². The molecule has 0 aromatic carbocycles. The smallest absolute Gasteiger partial charge is 0.306 e. The second kappa shape index (κ2) is 15.0. The van der Waals surface area contributed by atoms with E-state index < -0.39 is 17.6 Å². The molecular weight excluding hydrogens is 442 g/mol. The van der Waals surface area contributed by atoms with Gasteiger partial charge in [-0.05, 0) is 75.2 Å². The number of rotatable bonds is 17. The molecule has 0 spiro atoms. The maximum Gasteiger partial charge on any atom is 0.306 e. The first-order chi connectivity index (χ1) is 16.2. The summed E-state index contributed by atoms with van der Waals surface area (Å²) in [5, 5.41) is 31.0. The molecule has 0 radical (unpaired) electrons. The van der Waals surface area contributed by atoms with E-state index in [1.54, 1.807) is 6.92 Å². The Morgan fingerprint density at radius 3 is 2.03 bits per heavy atom. The van der Waals surface area contributed by atoms with Crippen molar-refractivity contribution in [2.45, 2.75) is 131 Å². The van der Waals surface area contributed by atoms with E-state index in [1.165, 1.54) is 24.8 Å². The first-order valence-corrected chi connectivity index (χ1v) is 14.0. The number of hydrogen-bond acceptors (Lipinski definition) is 4. The highest BCUT2D eigenvalue weighted by Gasteiger charge is 2.38. The molecule has 0 heterocycles. The highest BCUT2D eigenvalue weighted by molar-refractivity contribution is 5.69. The van der Waals surface area contributed by atoms with Crippen molar-refractivity contribution in [3.63, 3.8) is 0 Å². The third-order valence-corrected chi connectivity index (χ3v) is 8.88. The summed E-state index contributed by atoms with van der Waals surface area (Å²) in [6.07, 6.45) is 12.5. The summed E-state index contributed by atoms with van der Waals surface area (Å²) in [6, 6.07) is -0.540. The van der Waals surface area contributed by atoms with Crippen LogP contribution in [-0.4, -0.2) is 32.7 Å². The first kappa shape index (κ1) is 31.6. The predicted octanol–water partition coefficient (Wildman–Crippen LogP) is 7.52. The summed E-state index contributed by atoms with van der Waals surface area (Å²) in [5.41, 5.74) is 0.572. The van der Waals surface area contributed by atoms with Crippen molar-refractivity contribution in [1.29, 1.82) is 0 Å². The fourth-order valence-corrected chi connectivity index (χ4v) is 5.58. The Bertz CT molecular complexity index is 689. The molecule has 2 N–H and O–H groups in total. The average molecular weight is 496 g/mol. The summed E-state index contributed by atoms with van der Waals surface area (Å²) in [5.74, 6) is 0.999. The second-order valence-corrected chi connectivity index (χ2v) is 12.2. The Morgan fingerprint density at radius 1 is 0.971 bits per heavy atom. The summed E-state index contributed by atoms with van der Waals surface area (Å²) in [4.78, 5) is 22.3. The number of aliphatic carboxylic acids is 1. The van der Waals surface area contributed by atoms with Gasteiger partial charge in [-0.1, -0.05) is 79.2 Å². The van der Waals surface area contributed by atoms with E-state index in [1.807, 2.05) is 19.9 Å². The molecule has 0 bridgehead atoms. The van der Waals surface area contributed by atoms with Gasteiger partial charge in [0.2, 0.25) is 6.04 Å². The van der Waals surface area contributed by atoms with Gasteiger partial charge in [0.25, 0.3) is 0 Å². The lowest BCUT2D eigenvalue weighted by Gasteiger charge is -2.34. The highest BCUT2D eigenvalue weighted by Crippen LogP contribution is 2.38. The minimum Gasteiger partial charge on any atom is -0.481 e. The van der Waals surface area contributed by atoms with E-state index in [9.17, 15) is 20.0 Å². The summed E-state index contributed by atoms with van der Waals surface area (Å²) in [7, 11) is 0. The number of carbonyl (C=O) groups is 1. The zero-order chi connectivity index (χ0) is 26.8. The van der Waals surface area contributed by atoms with Gasteiger partial charge in [0.1, 0.15) is 0 Å². The number of aliphatic hydroxyl groups is 1. The van der Waals surface area contributed by atoms with Crippen LogP contribution in [-0.2, 0) is 4.79 Å². The fraction of sp³-hybridized carbons (Fsp3) is 0.897. The van der Waals surface area contributed by atoms with E-state index in [-0.39, 0.29) is 16.8 Å². The molecule has 1 rings (SSSR count). The van der Waals surface area contributed by atoms with Gasteiger partial charge in [0.05, 0.1) is 11.5 Å². The van der Waals surface area contributed by atoms with E-state index in [2.05, 4.69) is 27.7 Å². The van der Waals surface area contributed by atoms with Crippen LogP contribution >= 0.6 is 0 Å². The van der Waals surface area contributed by atoms with Gasteiger partial charge in [-0.25, -0.2) is 0 Å². The van der Waals surface area contributed by atoms with E-state index >= 15 is 0 Å². The molecular formula is C29H53NO5. The lowest BCUT2D eigenvalue weighted by atomic mass is 9.71. The molecule has 8 atom stereocenters. The normalized spacial score (nSPS) is 26.9. The molecule has 6 nitrogen and oxygen atoms in total. The molecule has 0 aliphatic heterocycles. The van der Waals surface area contributed by atoms with Crippen molar-refractivity contribution < 1.29 is 19.9 Å². The number of carboxylic acid groups (broad SMARTS) is 1. The Balaban J connectivity index is 2.27. The molecule has 35 heavy (non-hydrogen) atoms. The van der Waals surface area contributed by atoms with Crippen molar-refractivity contribution in [2.75, 3.05) is 0 Å². The summed E-state index contributed by atoms with van der Waals surface area (Å²) >= 11 is 0. The van der Waals surface area contributed by atoms with Crippen LogP contribution in [0.4, 0.5) is 0 Å². The Morgan fingerprint density at radius 2 is 1.49 bits per heavy atom. The summed E-state index contributed by atoms with van der Waals surface area (Å²) in [6.45, 7) is 14.6. The minimum absolute atomic E-state index is 0.0898. The van der Waals surface area contributed by atoms with Crippen LogP contribution in [0.25, 0.3) is 0 Å². The van der Waals surface area contributed by atoms with Crippen molar-refractivity contribution >= 4 is 5.97 Å². The minimum atomic E-state index is -0.763. The monoisotopic (exact) mass is 495 g/mol. The Kier molecular flexibility index (Phi) is 13.5. The molecule has 0 amide bonds. The number of nitrogens with zero attached hydrogens (tertiary/aromatic N) is 1. The molecule has 1 aliphatic carbocycles. The average Bonchev–Trinajstić information content (AvgIpc) is 2.76. The van der Waals surface area contributed by atoms with Crippen molar-refractivity contribution in [2.24, 2.45) is 35.5 Å². The maximum absolute atomic E-state index is 11.5. The van der Waals surface area contributed by atoms with Gasteiger partial charge in [0, 0.05) is 10.8 Å². The lowest BCUT2D eigenvalue weighted by molar-refractivity contribution is -0.521. The van der Waals surface area contributed by atoms with Crippen molar-refractivity contribution in [1.82, 2.24) is 0 Å². The molecule has 204 valence electrons. The van der Waals surface area contributed by atoms with Crippen LogP contribution < -0.4 is 0 Å². The number of hydrogen-bond donors (Lipinski definition) is 2. The number of allylic oxidation sites excluding steroid dienone is 1. The zero-order valence-corrected chi connectivity index (χ0v) is 23.5. The van der Waals surface area contributed by atoms with Gasteiger partial charge < -0.3 is 10.2 Å². The molecule has 1 aliphatic rings. The van der Waals surface area contributed by atoms with E-state index in [0.717, 1.165) is 38.5 Å². The molecule has 0 saturated carbocycles. The standard InChI is InChI=1S/C29H53NO5/c1-20(13-9-17-29(7,33)18-10-14-22(3)28(31)32)11-8-12-21(2)15-16-26-19-27(30(34)35)25(6)23(4)24(26)5/h19-25,27,33H,8-18H2,1-7H3,(H,31,32). The predicted molar refractivity (Wildman–Crippen MR) is 143 cm³/mol. The first-order valence-electron chi connectivity index (χ1n) is 14.0. The number of carboxylic acids is 1. The molecule has 6 heteroatoms. The van der Waals surface area contributed by atoms with Crippen LogP contribution in [0.1, 0.15) is 119 Å². The Labute approximate surface area is 214 Å². The van der Waals surface area contributed by atoms with Crippen LogP contribution in [0.15, 0.2) is 11.6 Å². The van der Waals surface area contributed by atoms with E-state index in [0.29, 0.717) is 36.5 Å². The Hall–Kier alpha value is -1.43. The van der Waals surface area contributed by atoms with Crippen LogP contribution in [0.2, 0.25) is 0 Å². The molecule has 8 unspecified atom stereocenters. The third-order valence-electron chi connectivity index (χ3n) is 8.88. The maximum atomic E-state index is 11.5. The highest BCUT2D eigenvalue weighted by atomic mass is 16.6. The van der Waals surface area contributed by atoms with Crippen molar-refractivity contribution in [3.05, 3.63) is 21.8 Å². The van der Waals surface area contributed by atoms with Crippen molar-refractivity contribution in [3.8, 4) is 0 Å². The van der Waals surface area contributed by atoms with Gasteiger partial charge in [-0.2, -0.15) is 0 Å². The van der Waals surface area contributed by atoms with Gasteiger partial charge in [0.15, 0.2) is 0 Å². The van der Waals surface area contributed by atoms with Crippen LogP contribution in [0.3, 0.4) is 0 Å². The van der Waals surface area contributed by atoms with Gasteiger partial charge in [-0.3, -0.25) is 14.9 Å². The van der Waals surface area contributed by atoms with Gasteiger partial charge >= 0.3 is 5.97 Å². The quantitative estimate of drug-likeness (QED) is 0.123. The molecule has 0 saturated heterocycles. The molecule has 0 aromatic rings. The largest absolute Gasteiger partial charge is 0.481 e. The van der Waals surface area contributed by atoms with Crippen LogP contribution in [0.5, 0.6) is 0 Å². The van der Waals surface area contributed by atoms with E-state index in [4.69, 9.17) is 5.11 Å². The lowest BCUT2D eigenvalue weighted by Crippen LogP contribution is -2.37.